The maximum Gasteiger partial charge on any atom is 0.358 e. The van der Waals surface area contributed by atoms with Gasteiger partial charge in [-0.15, -0.1) is 11.8 Å². The summed E-state index contributed by atoms with van der Waals surface area (Å²) in [7, 11) is -4.10. The first-order chi connectivity index (χ1) is 11.0. The molecular formula is C15H11ClN2O3S2. The Hall–Kier alpha value is -2.01. The molecule has 0 spiro atoms. The fourth-order valence-corrected chi connectivity index (χ4v) is 2.88. The molecule has 0 radical (unpaired) electrons. The molecule has 0 heterocycles. The largest absolute Gasteiger partial charge is 0.358 e. The van der Waals surface area contributed by atoms with Gasteiger partial charge in [0.25, 0.3) is 0 Å². The highest BCUT2D eigenvalue weighted by atomic mass is 35.5. The maximum atomic E-state index is 12.0. The summed E-state index contributed by atoms with van der Waals surface area (Å²) in [6, 6.07) is 14.2. The third kappa shape index (κ3) is 4.48. The number of thioether (sulfide) groups is 1. The molecule has 2 rings (SSSR count). The summed E-state index contributed by atoms with van der Waals surface area (Å²) in [6.45, 7) is 0. The van der Waals surface area contributed by atoms with Gasteiger partial charge in [0.1, 0.15) is 11.0 Å². The van der Waals surface area contributed by atoms with Crippen molar-refractivity contribution < 1.29 is 12.7 Å². The van der Waals surface area contributed by atoms with Gasteiger partial charge in [-0.3, -0.25) is 4.28 Å². The average molecular weight is 367 g/mol. The smallest absolute Gasteiger partial charge is 0.263 e. The monoisotopic (exact) mass is 366 g/mol. The minimum atomic E-state index is -4.10. The molecule has 0 saturated heterocycles. The number of hydrogen-bond acceptors (Lipinski definition) is 6. The summed E-state index contributed by atoms with van der Waals surface area (Å²) in [5.41, 5.74) is 0.340. The highest BCUT2D eigenvalue weighted by Crippen LogP contribution is 2.18. The molecule has 118 valence electrons. The SMILES string of the molecule is CSc1ccc(C(C#N)=NOS(=O)(=O)c2ccc(Cl)cc2)cc1. The zero-order valence-electron chi connectivity index (χ0n) is 11.9. The molecule has 0 atom stereocenters. The van der Waals surface area contributed by atoms with E-state index in [0.717, 1.165) is 4.90 Å². The van der Waals surface area contributed by atoms with Crippen LogP contribution in [0.15, 0.2) is 63.5 Å². The second kappa shape index (κ2) is 7.51. The van der Waals surface area contributed by atoms with Crippen LogP contribution in [0.4, 0.5) is 0 Å². The lowest BCUT2D eigenvalue weighted by molar-refractivity contribution is 0.339. The fourth-order valence-electron chi connectivity index (χ4n) is 1.62. The predicted molar refractivity (Wildman–Crippen MR) is 90.1 cm³/mol. The van der Waals surface area contributed by atoms with Crippen LogP contribution in [0.1, 0.15) is 5.56 Å². The Bertz CT molecular complexity index is 855. The van der Waals surface area contributed by atoms with Crippen molar-refractivity contribution in [3.63, 3.8) is 0 Å². The summed E-state index contributed by atoms with van der Waals surface area (Å²) in [5, 5.41) is 13.0. The number of oxime groups is 1. The van der Waals surface area contributed by atoms with E-state index in [1.807, 2.05) is 12.3 Å². The van der Waals surface area contributed by atoms with E-state index in [0.29, 0.717) is 10.6 Å². The first kappa shape index (κ1) is 17.3. The van der Waals surface area contributed by atoms with Crippen LogP contribution in [0.2, 0.25) is 5.02 Å². The molecular weight excluding hydrogens is 356 g/mol. The molecule has 0 amide bonds. The second-order valence-electron chi connectivity index (χ2n) is 4.26. The molecule has 0 aliphatic heterocycles. The molecule has 0 saturated carbocycles. The molecule has 2 aromatic carbocycles. The summed E-state index contributed by atoms with van der Waals surface area (Å²) in [4.78, 5) is 0.918. The normalized spacial score (nSPS) is 11.8. The number of nitrogens with zero attached hydrogens (tertiary/aromatic N) is 2. The van der Waals surface area contributed by atoms with E-state index in [2.05, 4.69) is 9.44 Å². The van der Waals surface area contributed by atoms with Gasteiger partial charge in [-0.1, -0.05) is 28.9 Å². The van der Waals surface area contributed by atoms with Crippen molar-refractivity contribution in [1.82, 2.24) is 0 Å². The van der Waals surface area contributed by atoms with Crippen LogP contribution < -0.4 is 0 Å². The first-order valence-electron chi connectivity index (χ1n) is 6.28. The summed E-state index contributed by atoms with van der Waals surface area (Å²) >= 11 is 7.26. The summed E-state index contributed by atoms with van der Waals surface area (Å²) in [5.74, 6) is 0. The van der Waals surface area contributed by atoms with Crippen molar-refractivity contribution in [3.05, 3.63) is 59.1 Å². The van der Waals surface area contributed by atoms with Gasteiger partial charge in [-0.25, -0.2) is 0 Å². The Morgan fingerprint density at radius 2 is 1.78 bits per heavy atom. The average Bonchev–Trinajstić information content (AvgIpc) is 2.56. The molecule has 0 bridgehead atoms. The van der Waals surface area contributed by atoms with Gasteiger partial charge in [0.2, 0.25) is 0 Å². The molecule has 0 N–H and O–H groups in total. The van der Waals surface area contributed by atoms with Crippen molar-refractivity contribution in [3.8, 4) is 6.07 Å². The molecule has 0 unspecified atom stereocenters. The highest BCUT2D eigenvalue weighted by molar-refractivity contribution is 7.98. The van der Waals surface area contributed by atoms with E-state index in [1.54, 1.807) is 36.0 Å². The van der Waals surface area contributed by atoms with E-state index in [-0.39, 0.29) is 10.6 Å². The van der Waals surface area contributed by atoms with Crippen molar-refractivity contribution in [2.24, 2.45) is 5.16 Å². The van der Waals surface area contributed by atoms with Gasteiger partial charge in [-0.2, -0.15) is 13.7 Å². The van der Waals surface area contributed by atoms with Crippen molar-refractivity contribution in [1.29, 1.82) is 5.26 Å². The van der Waals surface area contributed by atoms with E-state index in [1.165, 1.54) is 24.3 Å². The number of rotatable bonds is 5. The molecule has 23 heavy (non-hydrogen) atoms. The quantitative estimate of drug-likeness (QED) is 0.458. The molecule has 0 aromatic heterocycles. The van der Waals surface area contributed by atoms with Gasteiger partial charge < -0.3 is 0 Å². The van der Waals surface area contributed by atoms with Gasteiger partial charge in [0.15, 0.2) is 5.71 Å². The van der Waals surface area contributed by atoms with Crippen LogP contribution in [0.25, 0.3) is 0 Å². The number of halogens is 1. The molecule has 0 aliphatic rings. The molecule has 0 aliphatic carbocycles. The molecule has 8 heteroatoms. The van der Waals surface area contributed by atoms with Gasteiger partial charge in [0.05, 0.1) is 0 Å². The van der Waals surface area contributed by atoms with E-state index in [9.17, 15) is 8.42 Å². The van der Waals surface area contributed by atoms with Crippen molar-refractivity contribution in [2.45, 2.75) is 9.79 Å². The first-order valence-corrected chi connectivity index (χ1v) is 9.29. The Balaban J connectivity index is 2.24. The van der Waals surface area contributed by atoms with Crippen LogP contribution in [0.3, 0.4) is 0 Å². The van der Waals surface area contributed by atoms with E-state index >= 15 is 0 Å². The van der Waals surface area contributed by atoms with Gasteiger partial charge >= 0.3 is 10.1 Å². The van der Waals surface area contributed by atoms with Crippen LogP contribution in [0.5, 0.6) is 0 Å². The van der Waals surface area contributed by atoms with Crippen LogP contribution in [-0.2, 0) is 14.4 Å². The lowest BCUT2D eigenvalue weighted by Gasteiger charge is -2.03. The predicted octanol–water partition coefficient (Wildman–Crippen LogP) is 3.70. The Kier molecular flexibility index (Phi) is 5.66. The topological polar surface area (TPSA) is 79.5 Å². The standard InChI is InChI=1S/C15H11ClN2O3S2/c1-22-13-6-2-11(3-7-13)15(10-17)18-21-23(19,20)14-8-4-12(16)5-9-14/h2-9H,1H3. The number of benzene rings is 2. The minimum absolute atomic E-state index is 0.0966. The maximum absolute atomic E-state index is 12.0. The third-order valence-electron chi connectivity index (χ3n) is 2.80. The molecule has 5 nitrogen and oxygen atoms in total. The van der Waals surface area contributed by atoms with Gasteiger partial charge in [-0.05, 0) is 42.7 Å². The number of nitriles is 1. The highest BCUT2D eigenvalue weighted by Gasteiger charge is 2.16. The van der Waals surface area contributed by atoms with E-state index < -0.39 is 10.1 Å². The summed E-state index contributed by atoms with van der Waals surface area (Å²) in [6.07, 6.45) is 1.93. The van der Waals surface area contributed by atoms with Gasteiger partial charge in [0, 0.05) is 15.5 Å². The third-order valence-corrected chi connectivity index (χ3v) is 4.91. The zero-order chi connectivity index (χ0) is 16.9. The minimum Gasteiger partial charge on any atom is -0.263 e. The Morgan fingerprint density at radius 1 is 1.17 bits per heavy atom. The molecule has 0 fully saturated rings. The second-order valence-corrected chi connectivity index (χ2v) is 7.11. The lowest BCUT2D eigenvalue weighted by Crippen LogP contribution is -2.06. The van der Waals surface area contributed by atoms with Crippen LogP contribution >= 0.6 is 23.4 Å². The summed E-state index contributed by atoms with van der Waals surface area (Å²) < 4.78 is 28.6. The van der Waals surface area contributed by atoms with E-state index in [4.69, 9.17) is 16.9 Å². The van der Waals surface area contributed by atoms with Crippen molar-refractivity contribution in [2.75, 3.05) is 6.26 Å². The lowest BCUT2D eigenvalue weighted by atomic mass is 10.1. The Labute approximate surface area is 143 Å². The van der Waals surface area contributed by atoms with Crippen LogP contribution in [0, 0.1) is 11.3 Å². The molecule has 2 aromatic rings. The van der Waals surface area contributed by atoms with Crippen molar-refractivity contribution >= 4 is 39.2 Å². The Morgan fingerprint density at radius 3 is 2.30 bits per heavy atom. The van der Waals surface area contributed by atoms with Crippen LogP contribution in [-0.4, -0.2) is 20.4 Å². The number of hydrogen-bond donors (Lipinski definition) is 0. The fraction of sp³-hybridized carbons (Fsp3) is 0.0667. The zero-order valence-corrected chi connectivity index (χ0v) is 14.3.